The molecule has 1 heteroatoms. The van der Waals surface area contributed by atoms with Crippen molar-refractivity contribution >= 4 is 0 Å². The summed E-state index contributed by atoms with van der Waals surface area (Å²) in [6.45, 7) is 4.67. The summed E-state index contributed by atoms with van der Waals surface area (Å²) in [5, 5.41) is 0. The highest BCUT2D eigenvalue weighted by Crippen LogP contribution is 2.30. The summed E-state index contributed by atoms with van der Waals surface area (Å²) in [5.41, 5.74) is 1.43. The second kappa shape index (κ2) is 3.93. The maximum atomic E-state index is 3.16. The van der Waals surface area contributed by atoms with Gasteiger partial charge in [-0.05, 0) is 43.6 Å². The van der Waals surface area contributed by atoms with Crippen LogP contribution >= 0.6 is 0 Å². The van der Waals surface area contributed by atoms with E-state index in [1.807, 2.05) is 6.07 Å². The van der Waals surface area contributed by atoms with E-state index in [-0.39, 0.29) is 0 Å². The Bertz CT molecular complexity index is 255. The van der Waals surface area contributed by atoms with Crippen LogP contribution in [0.1, 0.15) is 31.4 Å². The summed E-state index contributed by atoms with van der Waals surface area (Å²) in [4.78, 5) is 2.54. The largest absolute Gasteiger partial charge is 0.297 e. The van der Waals surface area contributed by atoms with Gasteiger partial charge >= 0.3 is 0 Å². The topological polar surface area (TPSA) is 3.24 Å². The zero-order chi connectivity index (χ0) is 9.10. The van der Waals surface area contributed by atoms with E-state index in [1.165, 1.54) is 31.5 Å². The molecule has 1 radical (unpaired) electrons. The maximum Gasteiger partial charge on any atom is 0.0348 e. The highest BCUT2D eigenvalue weighted by atomic mass is 15.2. The summed E-state index contributed by atoms with van der Waals surface area (Å²) < 4.78 is 0. The summed E-state index contributed by atoms with van der Waals surface area (Å²) >= 11 is 0. The van der Waals surface area contributed by atoms with Gasteiger partial charge in [-0.15, -0.1) is 0 Å². The van der Waals surface area contributed by atoms with Gasteiger partial charge in [-0.2, -0.15) is 0 Å². The Morgan fingerprint density at radius 1 is 1.62 bits per heavy atom. The minimum absolute atomic E-state index is 0.655. The van der Waals surface area contributed by atoms with Crippen LogP contribution in [0.5, 0.6) is 0 Å². The number of likely N-dealkylation sites (tertiary alicyclic amines) is 1. The van der Waals surface area contributed by atoms with Gasteiger partial charge in [0.1, 0.15) is 0 Å². The molecule has 1 fully saturated rings. The van der Waals surface area contributed by atoms with Crippen molar-refractivity contribution in [1.82, 2.24) is 4.90 Å². The third-order valence-corrected chi connectivity index (χ3v) is 2.89. The molecule has 1 nitrogen and oxygen atoms in total. The first-order valence-corrected chi connectivity index (χ1v) is 5.12. The molecule has 0 N–H and O–H groups in total. The van der Waals surface area contributed by atoms with Crippen LogP contribution in [-0.4, -0.2) is 18.0 Å². The summed E-state index contributed by atoms with van der Waals surface area (Å²) in [6, 6.07) is 12.2. The third-order valence-electron chi connectivity index (χ3n) is 2.89. The average Bonchev–Trinajstić information content (AvgIpc) is 2.67. The number of hydrogen-bond donors (Lipinski definition) is 0. The van der Waals surface area contributed by atoms with E-state index in [9.17, 15) is 0 Å². The van der Waals surface area contributed by atoms with Crippen molar-refractivity contribution in [3.63, 3.8) is 0 Å². The first kappa shape index (κ1) is 8.76. The number of benzene rings is 1. The van der Waals surface area contributed by atoms with Gasteiger partial charge in [0, 0.05) is 6.04 Å². The normalized spacial score (nSPS) is 23.6. The minimum atomic E-state index is 0.655. The monoisotopic (exact) mass is 174 g/mol. The number of rotatable bonds is 2. The van der Waals surface area contributed by atoms with Crippen LogP contribution in [0.2, 0.25) is 0 Å². The molecule has 2 rings (SSSR count). The van der Waals surface area contributed by atoms with Crippen LogP contribution in [0, 0.1) is 6.07 Å². The molecule has 0 spiro atoms. The standard InChI is InChI=1S/C12H16N/c1-2-13-10-6-9-12(13)11-7-4-3-5-8-11/h3-4,7-8,12H,2,6,9-10H2,1H3. The molecule has 1 unspecified atom stereocenters. The third kappa shape index (κ3) is 1.75. The molecule has 1 aliphatic heterocycles. The van der Waals surface area contributed by atoms with Crippen LogP contribution < -0.4 is 0 Å². The van der Waals surface area contributed by atoms with Crippen molar-refractivity contribution < 1.29 is 0 Å². The Balaban J connectivity index is 2.16. The van der Waals surface area contributed by atoms with Crippen molar-refractivity contribution in [2.24, 2.45) is 0 Å². The highest BCUT2D eigenvalue weighted by molar-refractivity contribution is 5.19. The Labute approximate surface area is 80.4 Å². The molecule has 1 heterocycles. The lowest BCUT2D eigenvalue weighted by molar-refractivity contribution is 0.271. The van der Waals surface area contributed by atoms with Gasteiger partial charge in [-0.3, -0.25) is 4.90 Å². The van der Waals surface area contributed by atoms with Crippen LogP contribution in [-0.2, 0) is 0 Å². The molecule has 0 aliphatic carbocycles. The van der Waals surface area contributed by atoms with Crippen LogP contribution in [0.15, 0.2) is 24.3 Å². The van der Waals surface area contributed by atoms with Crippen molar-refractivity contribution in [3.8, 4) is 0 Å². The Hall–Kier alpha value is -0.820. The summed E-state index contributed by atoms with van der Waals surface area (Å²) in [7, 11) is 0. The highest BCUT2D eigenvalue weighted by Gasteiger charge is 2.23. The van der Waals surface area contributed by atoms with Gasteiger partial charge in [-0.25, -0.2) is 0 Å². The lowest BCUT2D eigenvalue weighted by Gasteiger charge is -2.22. The molecule has 0 bridgehead atoms. The summed E-state index contributed by atoms with van der Waals surface area (Å²) in [5.74, 6) is 0. The average molecular weight is 174 g/mol. The van der Waals surface area contributed by atoms with E-state index in [0.29, 0.717) is 6.04 Å². The van der Waals surface area contributed by atoms with Gasteiger partial charge in [0.25, 0.3) is 0 Å². The van der Waals surface area contributed by atoms with E-state index >= 15 is 0 Å². The molecule has 69 valence electrons. The predicted molar refractivity (Wildman–Crippen MR) is 54.5 cm³/mol. The molecular formula is C12H16N. The fourth-order valence-electron chi connectivity index (χ4n) is 2.20. The van der Waals surface area contributed by atoms with Crippen LogP contribution in [0.4, 0.5) is 0 Å². The smallest absolute Gasteiger partial charge is 0.0348 e. The van der Waals surface area contributed by atoms with Crippen LogP contribution in [0.3, 0.4) is 0 Å². The predicted octanol–water partition coefficient (Wildman–Crippen LogP) is 2.64. The van der Waals surface area contributed by atoms with Gasteiger partial charge < -0.3 is 0 Å². The lowest BCUT2D eigenvalue weighted by Crippen LogP contribution is -2.22. The number of nitrogens with zero attached hydrogens (tertiary/aromatic N) is 1. The zero-order valence-corrected chi connectivity index (χ0v) is 8.16. The Morgan fingerprint density at radius 2 is 2.54 bits per heavy atom. The zero-order valence-electron chi connectivity index (χ0n) is 8.16. The molecule has 0 saturated carbocycles. The van der Waals surface area contributed by atoms with Crippen molar-refractivity contribution in [2.75, 3.05) is 13.1 Å². The molecular weight excluding hydrogens is 158 g/mol. The fraction of sp³-hybridized carbons (Fsp3) is 0.500. The van der Waals surface area contributed by atoms with E-state index in [0.717, 1.165) is 0 Å². The first-order chi connectivity index (χ1) is 6.42. The fourth-order valence-corrected chi connectivity index (χ4v) is 2.20. The molecule has 0 amide bonds. The van der Waals surface area contributed by atoms with E-state index < -0.39 is 0 Å². The van der Waals surface area contributed by atoms with Crippen molar-refractivity contribution in [3.05, 3.63) is 35.9 Å². The van der Waals surface area contributed by atoms with Gasteiger partial charge in [-0.1, -0.05) is 25.1 Å². The second-order valence-electron chi connectivity index (χ2n) is 3.62. The molecule has 1 atom stereocenters. The molecule has 13 heavy (non-hydrogen) atoms. The first-order valence-electron chi connectivity index (χ1n) is 5.12. The van der Waals surface area contributed by atoms with Gasteiger partial charge in [0.15, 0.2) is 0 Å². The molecule has 1 saturated heterocycles. The lowest BCUT2D eigenvalue weighted by atomic mass is 10.1. The van der Waals surface area contributed by atoms with Gasteiger partial charge in [0.05, 0.1) is 0 Å². The van der Waals surface area contributed by atoms with Crippen LogP contribution in [0.25, 0.3) is 0 Å². The molecule has 0 aromatic heterocycles. The van der Waals surface area contributed by atoms with E-state index in [2.05, 4.69) is 36.1 Å². The molecule has 1 aliphatic rings. The number of hydrogen-bond acceptors (Lipinski definition) is 1. The van der Waals surface area contributed by atoms with E-state index in [4.69, 9.17) is 0 Å². The summed E-state index contributed by atoms with van der Waals surface area (Å²) in [6.07, 6.45) is 2.65. The van der Waals surface area contributed by atoms with Crippen molar-refractivity contribution in [1.29, 1.82) is 0 Å². The SMILES string of the molecule is CCN1CCCC1c1c[c]ccc1. The Kier molecular flexibility index (Phi) is 2.65. The molecule has 1 aromatic carbocycles. The Morgan fingerprint density at radius 3 is 3.23 bits per heavy atom. The minimum Gasteiger partial charge on any atom is -0.297 e. The van der Waals surface area contributed by atoms with Gasteiger partial charge in [0.2, 0.25) is 0 Å². The van der Waals surface area contributed by atoms with E-state index in [1.54, 1.807) is 0 Å². The molecule has 1 aromatic rings. The maximum absolute atomic E-state index is 3.16. The quantitative estimate of drug-likeness (QED) is 0.666. The second-order valence-corrected chi connectivity index (χ2v) is 3.62. The van der Waals surface area contributed by atoms with Crippen molar-refractivity contribution in [2.45, 2.75) is 25.8 Å².